The second kappa shape index (κ2) is 4.94. The molecule has 0 radical (unpaired) electrons. The summed E-state index contributed by atoms with van der Waals surface area (Å²) < 4.78 is 38.0. The summed E-state index contributed by atoms with van der Waals surface area (Å²) in [6, 6.07) is 3.38. The predicted octanol–water partition coefficient (Wildman–Crippen LogP) is 2.90. The van der Waals surface area contributed by atoms with E-state index in [0.29, 0.717) is 29.2 Å². The molecular formula is C13H12F3N3OS. The van der Waals surface area contributed by atoms with Crippen LogP contribution in [-0.2, 0) is 11.0 Å². The topological polar surface area (TPSA) is 49.0 Å². The Morgan fingerprint density at radius 1 is 1.43 bits per heavy atom. The second-order valence-corrected chi connectivity index (χ2v) is 6.12. The number of aromatic amines is 1. The minimum Gasteiger partial charge on any atom is -0.345 e. The van der Waals surface area contributed by atoms with Crippen molar-refractivity contribution in [1.29, 1.82) is 0 Å². The first-order chi connectivity index (χ1) is 9.84. The molecule has 112 valence electrons. The zero-order valence-electron chi connectivity index (χ0n) is 11.1. The standard InChI is InChI=1S/C13H12F3N3OS/c1-19-5-4-10(11(19)20)21-12-17-8-3-2-7(13(14,15)16)6-9(8)18-12/h2-3,6,10H,4-5H2,1H3,(H,17,18)/t10-/m1/s1. The number of halogens is 3. The van der Waals surface area contributed by atoms with Gasteiger partial charge in [0.2, 0.25) is 5.91 Å². The number of likely N-dealkylation sites (tertiary alicyclic amines) is 1. The lowest BCUT2D eigenvalue weighted by atomic mass is 10.2. The van der Waals surface area contributed by atoms with Crippen molar-refractivity contribution in [3.05, 3.63) is 23.8 Å². The first-order valence-electron chi connectivity index (χ1n) is 6.33. The molecule has 1 fully saturated rings. The molecular weight excluding hydrogens is 303 g/mol. The highest BCUT2D eigenvalue weighted by Gasteiger charge is 2.32. The molecule has 4 nitrogen and oxygen atoms in total. The van der Waals surface area contributed by atoms with Gasteiger partial charge in [-0.25, -0.2) is 4.98 Å². The van der Waals surface area contributed by atoms with Crippen LogP contribution in [0.25, 0.3) is 11.0 Å². The number of thioether (sulfide) groups is 1. The van der Waals surface area contributed by atoms with Gasteiger partial charge in [0, 0.05) is 13.6 Å². The van der Waals surface area contributed by atoms with Crippen molar-refractivity contribution in [2.45, 2.75) is 23.0 Å². The van der Waals surface area contributed by atoms with Crippen molar-refractivity contribution in [2.75, 3.05) is 13.6 Å². The molecule has 0 spiro atoms. The number of rotatable bonds is 2. The summed E-state index contributed by atoms with van der Waals surface area (Å²) in [5, 5.41) is 0.246. The summed E-state index contributed by atoms with van der Waals surface area (Å²) in [5.74, 6) is 0.0245. The molecule has 1 atom stereocenters. The smallest absolute Gasteiger partial charge is 0.345 e. The summed E-state index contributed by atoms with van der Waals surface area (Å²) >= 11 is 1.26. The van der Waals surface area contributed by atoms with E-state index in [-0.39, 0.29) is 11.2 Å². The number of hydrogen-bond acceptors (Lipinski definition) is 3. The van der Waals surface area contributed by atoms with E-state index in [1.807, 2.05) is 0 Å². The Labute approximate surface area is 122 Å². The number of nitrogens with zero attached hydrogens (tertiary/aromatic N) is 2. The van der Waals surface area contributed by atoms with E-state index in [0.717, 1.165) is 12.1 Å². The molecule has 1 aromatic carbocycles. The van der Waals surface area contributed by atoms with Crippen molar-refractivity contribution < 1.29 is 18.0 Å². The van der Waals surface area contributed by atoms with Gasteiger partial charge in [-0.1, -0.05) is 11.8 Å². The first-order valence-corrected chi connectivity index (χ1v) is 7.21. The van der Waals surface area contributed by atoms with E-state index in [1.165, 1.54) is 17.8 Å². The molecule has 0 saturated carbocycles. The van der Waals surface area contributed by atoms with Gasteiger partial charge in [-0.3, -0.25) is 4.79 Å². The summed E-state index contributed by atoms with van der Waals surface area (Å²) in [5.41, 5.74) is 0.0716. The molecule has 3 rings (SSSR count). The molecule has 1 aliphatic heterocycles. The number of amides is 1. The molecule has 1 saturated heterocycles. The highest BCUT2D eigenvalue weighted by molar-refractivity contribution is 8.00. The Morgan fingerprint density at radius 3 is 2.81 bits per heavy atom. The van der Waals surface area contributed by atoms with E-state index in [2.05, 4.69) is 9.97 Å². The number of hydrogen-bond donors (Lipinski definition) is 1. The maximum absolute atomic E-state index is 12.7. The van der Waals surface area contributed by atoms with Gasteiger partial charge in [0.05, 0.1) is 21.8 Å². The van der Waals surface area contributed by atoms with Crippen LogP contribution in [0.3, 0.4) is 0 Å². The summed E-state index contributed by atoms with van der Waals surface area (Å²) in [7, 11) is 1.73. The number of H-pyrrole nitrogens is 1. The molecule has 0 bridgehead atoms. The summed E-state index contributed by atoms with van der Waals surface area (Å²) in [4.78, 5) is 20.5. The van der Waals surface area contributed by atoms with Crippen LogP contribution >= 0.6 is 11.8 Å². The Morgan fingerprint density at radius 2 is 2.19 bits per heavy atom. The quantitative estimate of drug-likeness (QED) is 0.927. The zero-order valence-corrected chi connectivity index (χ0v) is 11.9. The van der Waals surface area contributed by atoms with E-state index in [9.17, 15) is 18.0 Å². The number of fused-ring (bicyclic) bond motifs is 1. The lowest BCUT2D eigenvalue weighted by Crippen LogP contribution is -2.23. The summed E-state index contributed by atoms with van der Waals surface area (Å²) in [6.45, 7) is 0.689. The van der Waals surface area contributed by atoms with Crippen LogP contribution < -0.4 is 0 Å². The average molecular weight is 315 g/mol. The van der Waals surface area contributed by atoms with Crippen LogP contribution in [0.5, 0.6) is 0 Å². The van der Waals surface area contributed by atoms with Crippen molar-refractivity contribution in [3.8, 4) is 0 Å². The van der Waals surface area contributed by atoms with Crippen LogP contribution in [0.1, 0.15) is 12.0 Å². The molecule has 1 aliphatic rings. The van der Waals surface area contributed by atoms with Gasteiger partial charge in [-0.2, -0.15) is 13.2 Å². The summed E-state index contributed by atoms with van der Waals surface area (Å²) in [6.07, 6.45) is -3.67. The Hall–Kier alpha value is -1.70. The molecule has 1 amide bonds. The highest BCUT2D eigenvalue weighted by atomic mass is 32.2. The highest BCUT2D eigenvalue weighted by Crippen LogP contribution is 2.33. The minimum atomic E-state index is -4.38. The van der Waals surface area contributed by atoms with Crippen molar-refractivity contribution in [1.82, 2.24) is 14.9 Å². The number of nitrogens with one attached hydrogen (secondary N) is 1. The maximum atomic E-state index is 12.7. The first kappa shape index (κ1) is 14.2. The minimum absolute atomic E-state index is 0.0245. The van der Waals surface area contributed by atoms with Gasteiger partial charge < -0.3 is 9.88 Å². The third-order valence-electron chi connectivity index (χ3n) is 3.42. The fraction of sp³-hybridized carbons (Fsp3) is 0.385. The van der Waals surface area contributed by atoms with Gasteiger partial charge in [-0.05, 0) is 24.6 Å². The van der Waals surface area contributed by atoms with Gasteiger partial charge in [0.25, 0.3) is 0 Å². The number of aromatic nitrogens is 2. The Balaban J connectivity index is 1.86. The average Bonchev–Trinajstić information content (AvgIpc) is 2.94. The molecule has 1 aromatic heterocycles. The zero-order chi connectivity index (χ0) is 15.2. The van der Waals surface area contributed by atoms with Gasteiger partial charge in [-0.15, -0.1) is 0 Å². The number of imidazole rings is 1. The van der Waals surface area contributed by atoms with E-state index in [4.69, 9.17) is 0 Å². The van der Waals surface area contributed by atoms with E-state index in [1.54, 1.807) is 11.9 Å². The predicted molar refractivity (Wildman–Crippen MR) is 73.0 cm³/mol. The fourth-order valence-corrected chi connectivity index (χ4v) is 3.35. The van der Waals surface area contributed by atoms with Crippen LogP contribution in [0.15, 0.2) is 23.4 Å². The van der Waals surface area contributed by atoms with Crippen molar-refractivity contribution in [3.63, 3.8) is 0 Å². The Kier molecular flexibility index (Phi) is 3.35. The fourth-order valence-electron chi connectivity index (χ4n) is 2.25. The SMILES string of the molecule is CN1CC[C@@H](Sc2nc3ccc(C(F)(F)F)cc3[nH]2)C1=O. The van der Waals surface area contributed by atoms with Gasteiger partial charge >= 0.3 is 6.18 Å². The number of benzene rings is 1. The van der Waals surface area contributed by atoms with Crippen molar-refractivity contribution >= 4 is 28.7 Å². The van der Waals surface area contributed by atoms with Crippen molar-refractivity contribution in [2.24, 2.45) is 0 Å². The normalized spacial score (nSPS) is 19.7. The molecule has 21 heavy (non-hydrogen) atoms. The van der Waals surface area contributed by atoms with Crippen LogP contribution in [0, 0.1) is 0 Å². The van der Waals surface area contributed by atoms with Crippen LogP contribution in [0.2, 0.25) is 0 Å². The van der Waals surface area contributed by atoms with Crippen LogP contribution in [-0.4, -0.2) is 39.6 Å². The number of alkyl halides is 3. The largest absolute Gasteiger partial charge is 0.416 e. The van der Waals surface area contributed by atoms with Crippen LogP contribution in [0.4, 0.5) is 13.2 Å². The van der Waals surface area contributed by atoms with E-state index >= 15 is 0 Å². The lowest BCUT2D eigenvalue weighted by molar-refractivity contribution is -0.137. The lowest BCUT2D eigenvalue weighted by Gasteiger charge is -2.08. The number of carbonyl (C=O) groups excluding carboxylic acids is 1. The number of carbonyl (C=O) groups is 1. The molecule has 2 heterocycles. The monoisotopic (exact) mass is 315 g/mol. The Bertz CT molecular complexity index is 698. The molecule has 0 aliphatic carbocycles. The second-order valence-electron chi connectivity index (χ2n) is 4.93. The molecule has 2 aromatic rings. The molecule has 0 unspecified atom stereocenters. The maximum Gasteiger partial charge on any atom is 0.416 e. The van der Waals surface area contributed by atoms with Gasteiger partial charge in [0.1, 0.15) is 0 Å². The third-order valence-corrected chi connectivity index (χ3v) is 4.56. The molecule has 8 heteroatoms. The van der Waals surface area contributed by atoms with Gasteiger partial charge in [0.15, 0.2) is 5.16 Å². The van der Waals surface area contributed by atoms with E-state index < -0.39 is 11.7 Å². The molecule has 1 N–H and O–H groups in total. The third kappa shape index (κ3) is 2.72.